The van der Waals surface area contributed by atoms with E-state index in [0.717, 1.165) is 64.2 Å². The number of fused-ring (bicyclic) bond motifs is 10. The van der Waals surface area contributed by atoms with E-state index in [-0.39, 0.29) is 89.1 Å². The number of Topliss-reactive ketones (excluding diaryl/α,β-unsaturated/α-hetero) is 2. The molecule has 8 aliphatic carbocycles. The number of aliphatic hydroxyl groups excluding tert-OH is 4. The molecule has 8 aliphatic rings. The normalized spacial score (nSPS) is 46.7. The zero-order valence-corrected chi connectivity index (χ0v) is 42.1. The van der Waals surface area contributed by atoms with Crippen LogP contribution < -0.4 is 11.1 Å². The third kappa shape index (κ3) is 9.78. The maximum absolute atomic E-state index is 12.7. The first-order valence-electron chi connectivity index (χ1n) is 25.9. The molecule has 0 spiro atoms. The number of carbonyl (C=O) groups excluding carboxylic acids is 3. The smallest absolute Gasteiger partial charge is 0.408 e. The van der Waals surface area contributed by atoms with Crippen LogP contribution in [0.4, 0.5) is 4.79 Å². The molecule has 0 bridgehead atoms. The number of nitrogens with one attached hydrogen (secondary N) is 1. The van der Waals surface area contributed by atoms with Crippen LogP contribution in [0.25, 0.3) is 0 Å². The molecule has 0 aromatic heterocycles. The van der Waals surface area contributed by atoms with Gasteiger partial charge in [-0.05, 0) is 216 Å². The van der Waals surface area contributed by atoms with Crippen LogP contribution in [0.5, 0.6) is 0 Å². The van der Waals surface area contributed by atoms with E-state index < -0.39 is 11.7 Å². The zero-order valence-electron chi connectivity index (χ0n) is 41.3. The Bertz CT molecular complexity index is 1660. The van der Waals surface area contributed by atoms with Crippen molar-refractivity contribution in [3.63, 3.8) is 0 Å². The van der Waals surface area contributed by atoms with Gasteiger partial charge in [0.1, 0.15) is 11.4 Å². The van der Waals surface area contributed by atoms with Gasteiger partial charge in [0.2, 0.25) is 0 Å². The number of hydrogen-bond donors (Lipinski definition) is 6. The van der Waals surface area contributed by atoms with Gasteiger partial charge in [-0.25, -0.2) is 4.79 Å². The third-order valence-corrected chi connectivity index (χ3v) is 20.8. The number of ether oxygens (including phenoxy) is 1. The highest BCUT2D eigenvalue weighted by Gasteiger charge is 2.65. The van der Waals surface area contributed by atoms with E-state index in [1.54, 1.807) is 20.8 Å². The van der Waals surface area contributed by atoms with Gasteiger partial charge in [0.05, 0.1) is 37.5 Å². The van der Waals surface area contributed by atoms with Crippen molar-refractivity contribution in [1.29, 1.82) is 0 Å². The summed E-state index contributed by atoms with van der Waals surface area (Å²) < 4.78 is 5.25. The number of hydrogen-bond acceptors (Lipinski definition) is 9. The van der Waals surface area contributed by atoms with E-state index in [2.05, 4.69) is 46.9 Å². The minimum Gasteiger partial charge on any atom is -0.444 e. The summed E-state index contributed by atoms with van der Waals surface area (Å²) in [4.78, 5) is 36.6. The fourth-order valence-corrected chi connectivity index (χ4v) is 18.3. The molecule has 0 radical (unpaired) electrons. The number of ketones is 2. The predicted molar refractivity (Wildman–Crippen MR) is 253 cm³/mol. The molecule has 8 fully saturated rings. The molecule has 0 aromatic carbocycles. The van der Waals surface area contributed by atoms with Gasteiger partial charge < -0.3 is 36.2 Å². The SMILES string of the molecule is CC(CC(=O)CN)[C@H]1CCC2C3CCC4C[C@@H](O)CC[C@]4(C)C3[C@@H](O)C[C@@]21C.CC(CC(=O)CNC(=O)OC(C)(C)C)[C@H]1CCC2C3CCC4C[C@@H](O)CC[C@]4(C)C3[C@@H](O)C[C@@]21C.Cl. The van der Waals surface area contributed by atoms with Gasteiger partial charge in [-0.1, -0.05) is 41.5 Å². The quantitative estimate of drug-likeness (QED) is 0.132. The lowest BCUT2D eigenvalue weighted by molar-refractivity contribution is -0.179. The molecule has 0 heterocycles. The number of carbonyl (C=O) groups is 3. The van der Waals surface area contributed by atoms with Crippen molar-refractivity contribution in [2.75, 3.05) is 13.1 Å². The number of aliphatic hydroxyl groups is 4. The molecule has 10 unspecified atom stereocenters. The van der Waals surface area contributed by atoms with E-state index in [1.165, 1.54) is 38.5 Å². The van der Waals surface area contributed by atoms with Crippen LogP contribution in [0, 0.1) is 92.7 Å². The van der Waals surface area contributed by atoms with Crippen LogP contribution in [0.3, 0.4) is 0 Å². The third-order valence-electron chi connectivity index (χ3n) is 20.8. The Morgan fingerprint density at radius 2 is 1.06 bits per heavy atom. The van der Waals surface area contributed by atoms with E-state index >= 15 is 0 Å². The molecule has 64 heavy (non-hydrogen) atoms. The summed E-state index contributed by atoms with van der Waals surface area (Å²) >= 11 is 0. The topological polar surface area (TPSA) is 179 Å². The zero-order chi connectivity index (χ0) is 46.0. The summed E-state index contributed by atoms with van der Waals surface area (Å²) in [5, 5.41) is 46.2. The summed E-state index contributed by atoms with van der Waals surface area (Å²) in [5.41, 5.74) is 5.50. The van der Waals surface area contributed by atoms with Crippen LogP contribution in [-0.4, -0.2) is 81.2 Å². The number of rotatable bonds is 9. The van der Waals surface area contributed by atoms with Gasteiger partial charge in [-0.15, -0.1) is 12.4 Å². The number of halogens is 1. The highest BCUT2D eigenvalue weighted by Crippen LogP contribution is 2.70. The molecule has 0 aliphatic heterocycles. The van der Waals surface area contributed by atoms with Crippen molar-refractivity contribution < 1.29 is 39.5 Å². The summed E-state index contributed by atoms with van der Waals surface area (Å²) in [6, 6.07) is 0. The minimum absolute atomic E-state index is 0. The molecule has 11 heteroatoms. The first-order chi connectivity index (χ1) is 29.4. The van der Waals surface area contributed by atoms with Gasteiger partial charge in [0.25, 0.3) is 0 Å². The molecule has 8 rings (SSSR count). The molecule has 10 nitrogen and oxygen atoms in total. The fraction of sp³-hybridized carbons (Fsp3) is 0.943. The average molecular weight is 920 g/mol. The molecule has 0 saturated heterocycles. The Morgan fingerprint density at radius 1 is 0.641 bits per heavy atom. The van der Waals surface area contributed by atoms with Crippen molar-refractivity contribution in [2.45, 2.75) is 208 Å². The first kappa shape index (κ1) is 52.1. The van der Waals surface area contributed by atoms with Crippen LogP contribution in [0.1, 0.15) is 178 Å². The lowest BCUT2D eigenvalue weighted by atomic mass is 9.43. The second-order valence-corrected chi connectivity index (χ2v) is 25.4. The van der Waals surface area contributed by atoms with Crippen LogP contribution in [-0.2, 0) is 14.3 Å². The van der Waals surface area contributed by atoms with Crippen LogP contribution in [0.15, 0.2) is 0 Å². The summed E-state index contributed by atoms with van der Waals surface area (Å²) in [6.45, 7) is 19.6. The highest BCUT2D eigenvalue weighted by molar-refractivity contribution is 5.85. The number of alkyl carbamates (subject to hydrolysis) is 1. The average Bonchev–Trinajstić information content (AvgIpc) is 3.73. The monoisotopic (exact) mass is 919 g/mol. The van der Waals surface area contributed by atoms with Gasteiger partial charge >= 0.3 is 6.09 Å². The van der Waals surface area contributed by atoms with Crippen molar-refractivity contribution in [3.05, 3.63) is 0 Å². The molecule has 0 aromatic rings. The van der Waals surface area contributed by atoms with E-state index in [0.29, 0.717) is 77.9 Å². The lowest BCUT2D eigenvalue weighted by Gasteiger charge is -2.62. The second-order valence-electron chi connectivity index (χ2n) is 25.4. The minimum atomic E-state index is -0.582. The Balaban J connectivity index is 0.000000214. The van der Waals surface area contributed by atoms with Crippen molar-refractivity contribution >= 4 is 30.1 Å². The van der Waals surface area contributed by atoms with Crippen LogP contribution >= 0.6 is 12.4 Å². The predicted octanol–water partition coefficient (Wildman–Crippen LogP) is 9.05. The van der Waals surface area contributed by atoms with Gasteiger partial charge in [-0.2, -0.15) is 0 Å². The van der Waals surface area contributed by atoms with Crippen molar-refractivity contribution in [3.8, 4) is 0 Å². The molecule has 368 valence electrons. The molecular weight excluding hydrogens is 828 g/mol. The number of nitrogens with two attached hydrogens (primary N) is 1. The molecular formula is C53H91ClN2O8. The summed E-state index contributed by atoms with van der Waals surface area (Å²) in [5.74, 6) is 5.94. The van der Waals surface area contributed by atoms with Gasteiger partial charge in [-0.3, -0.25) is 9.59 Å². The van der Waals surface area contributed by atoms with E-state index in [4.69, 9.17) is 10.5 Å². The summed E-state index contributed by atoms with van der Waals surface area (Å²) in [6.07, 6.45) is 16.5. The van der Waals surface area contributed by atoms with Crippen LogP contribution in [0.2, 0.25) is 0 Å². The van der Waals surface area contributed by atoms with E-state index in [9.17, 15) is 34.8 Å². The van der Waals surface area contributed by atoms with Crippen molar-refractivity contribution in [2.24, 2.45) is 98.4 Å². The maximum atomic E-state index is 12.7. The molecule has 8 saturated carbocycles. The first-order valence-corrected chi connectivity index (χ1v) is 25.9. The Morgan fingerprint density at radius 3 is 1.47 bits per heavy atom. The van der Waals surface area contributed by atoms with E-state index in [1.807, 2.05) is 0 Å². The number of amides is 1. The Labute approximate surface area is 392 Å². The van der Waals surface area contributed by atoms with Crippen molar-refractivity contribution in [1.82, 2.24) is 5.32 Å². The standard InChI is InChI=1S/C29H49NO5.C24H41NO3.ClH/c1-17(13-20(32)16-30-26(34)35-27(2,3)4)22-9-10-23-21-8-7-18-14-19(31)11-12-28(18,5)25(21)24(33)15-29(22,23)6;1-14(10-17(27)13-25)19-6-7-20-18-5-4-15-11-16(26)8-9-23(15,2)22(18)21(28)12-24(19,20)3;/h17-19,21-25,31,33H,7-16H2,1-6H3,(H,30,34);14-16,18-22,26,28H,4-13,25H2,1-3H3;1H/t17?,18?,19-,21?,22+,23?,24-,25?,28-,29+;14?,15?,16-,18?,19+,20?,21-,22?,23-,24+;/m00./s1. The Hall–Kier alpha value is -1.30. The lowest BCUT2D eigenvalue weighted by Crippen LogP contribution is -2.59. The highest BCUT2D eigenvalue weighted by atomic mass is 35.5. The molecule has 1 amide bonds. The fourth-order valence-electron chi connectivity index (χ4n) is 18.3. The largest absolute Gasteiger partial charge is 0.444 e. The second kappa shape index (κ2) is 19.6. The maximum Gasteiger partial charge on any atom is 0.408 e. The molecule has 20 atom stereocenters. The van der Waals surface area contributed by atoms with Gasteiger partial charge in [0.15, 0.2) is 5.78 Å². The van der Waals surface area contributed by atoms with Gasteiger partial charge in [0, 0.05) is 12.8 Å². The molecule has 7 N–H and O–H groups in total. The summed E-state index contributed by atoms with van der Waals surface area (Å²) in [7, 11) is 0. The Kier molecular flexibility index (Phi) is 15.9.